The summed E-state index contributed by atoms with van der Waals surface area (Å²) in [5.41, 5.74) is -0.835. The summed E-state index contributed by atoms with van der Waals surface area (Å²) in [7, 11) is 0. The molecule has 0 aromatic heterocycles. The van der Waals surface area contributed by atoms with Crippen molar-refractivity contribution in [3.05, 3.63) is 0 Å². The molecule has 6 atom stereocenters. The Hall–Kier alpha value is -2.20. The summed E-state index contributed by atoms with van der Waals surface area (Å²) in [6.07, 6.45) is -5.96. The van der Waals surface area contributed by atoms with Crippen LogP contribution in [0.25, 0.3) is 0 Å². The molecule has 0 saturated carbocycles. The van der Waals surface area contributed by atoms with Crippen LogP contribution in [0.1, 0.15) is 34.6 Å². The first-order chi connectivity index (χ1) is 12.0. The first-order valence-electron chi connectivity index (χ1n) is 8.02. The highest BCUT2D eigenvalue weighted by molar-refractivity contribution is 5.69. The molecule has 2 saturated heterocycles. The van der Waals surface area contributed by atoms with Gasteiger partial charge in [-0.25, -0.2) is 0 Å². The van der Waals surface area contributed by atoms with Crippen LogP contribution in [-0.2, 0) is 47.6 Å². The zero-order valence-corrected chi connectivity index (χ0v) is 15.2. The monoisotopic (exact) mass is 374 g/mol. The second-order valence-electron chi connectivity index (χ2n) is 6.36. The molecular formula is C16H22O10. The van der Waals surface area contributed by atoms with E-state index in [2.05, 4.69) is 0 Å². The van der Waals surface area contributed by atoms with Crippen LogP contribution in [0.5, 0.6) is 0 Å². The highest BCUT2D eigenvalue weighted by Gasteiger charge is 2.62. The van der Waals surface area contributed by atoms with Gasteiger partial charge in [0.1, 0.15) is 11.7 Å². The molecule has 0 bridgehead atoms. The molecule has 0 radical (unpaired) electrons. The minimum absolute atomic E-state index is 0.299. The van der Waals surface area contributed by atoms with Gasteiger partial charge in [0.25, 0.3) is 0 Å². The van der Waals surface area contributed by atoms with Crippen molar-refractivity contribution >= 4 is 23.9 Å². The van der Waals surface area contributed by atoms with Crippen LogP contribution >= 0.6 is 0 Å². The van der Waals surface area contributed by atoms with Gasteiger partial charge in [0.15, 0.2) is 12.2 Å². The van der Waals surface area contributed by atoms with Crippen molar-refractivity contribution < 1.29 is 47.6 Å². The average Bonchev–Trinajstić information content (AvgIpc) is 3.21. The summed E-state index contributed by atoms with van der Waals surface area (Å²) in [6, 6.07) is 0. The number of carbonyl (C=O) groups is 4. The number of epoxide rings is 1. The van der Waals surface area contributed by atoms with Crippen molar-refractivity contribution in [1.29, 1.82) is 0 Å². The van der Waals surface area contributed by atoms with E-state index in [0.717, 1.165) is 20.8 Å². The van der Waals surface area contributed by atoms with Crippen LogP contribution < -0.4 is 0 Å². The van der Waals surface area contributed by atoms with E-state index in [4.69, 9.17) is 28.4 Å². The molecule has 2 rings (SSSR count). The summed E-state index contributed by atoms with van der Waals surface area (Å²) < 4.78 is 31.9. The van der Waals surface area contributed by atoms with Crippen molar-refractivity contribution in [1.82, 2.24) is 0 Å². The summed E-state index contributed by atoms with van der Waals surface area (Å²) in [5.74, 6) is -2.77. The lowest BCUT2D eigenvalue weighted by molar-refractivity contribution is -0.303. The molecule has 26 heavy (non-hydrogen) atoms. The Bertz CT molecular complexity index is 596. The third kappa shape index (κ3) is 4.70. The van der Waals surface area contributed by atoms with Gasteiger partial charge < -0.3 is 28.4 Å². The molecule has 0 aliphatic carbocycles. The van der Waals surface area contributed by atoms with Crippen molar-refractivity contribution in [2.45, 2.75) is 70.9 Å². The Labute approximate surface area is 150 Å². The van der Waals surface area contributed by atoms with E-state index in [1.54, 1.807) is 6.92 Å². The minimum atomic E-state index is -1.36. The number of hydrogen-bond acceptors (Lipinski definition) is 10. The molecule has 0 N–H and O–H groups in total. The SMILES string of the molecule is CC(=O)OC1O[C@@H](C2(C)CO2)[C@@H](OC(C)=O)[C@@H](OC(C)=O)[C@@H]1OC(C)=O. The predicted molar refractivity (Wildman–Crippen MR) is 81.4 cm³/mol. The molecule has 0 aromatic carbocycles. The maximum atomic E-state index is 11.6. The third-order valence-electron chi connectivity index (χ3n) is 3.88. The van der Waals surface area contributed by atoms with E-state index < -0.39 is 60.2 Å². The average molecular weight is 374 g/mol. The van der Waals surface area contributed by atoms with Gasteiger partial charge in [0, 0.05) is 27.7 Å². The van der Waals surface area contributed by atoms with E-state index in [9.17, 15) is 19.2 Å². The molecule has 2 aliphatic heterocycles. The molecule has 146 valence electrons. The largest absolute Gasteiger partial charge is 0.456 e. The molecule has 10 heteroatoms. The Kier molecular flexibility index (Phi) is 5.87. The Morgan fingerprint density at radius 3 is 1.62 bits per heavy atom. The van der Waals surface area contributed by atoms with Gasteiger partial charge in [-0.15, -0.1) is 0 Å². The number of carbonyl (C=O) groups excluding carboxylic acids is 4. The van der Waals surface area contributed by atoms with E-state index in [1.807, 2.05) is 0 Å². The normalized spacial score (nSPS) is 35.8. The summed E-state index contributed by atoms with van der Waals surface area (Å²) >= 11 is 0. The van der Waals surface area contributed by atoms with Gasteiger partial charge in [-0.2, -0.15) is 0 Å². The fourth-order valence-electron chi connectivity index (χ4n) is 2.80. The molecule has 2 fully saturated rings. The maximum absolute atomic E-state index is 11.6. The van der Waals surface area contributed by atoms with Crippen LogP contribution in [0.2, 0.25) is 0 Å². The second-order valence-corrected chi connectivity index (χ2v) is 6.36. The Balaban J connectivity index is 2.43. The second kappa shape index (κ2) is 7.58. The molecule has 0 aromatic rings. The van der Waals surface area contributed by atoms with E-state index in [0.29, 0.717) is 6.61 Å². The third-order valence-corrected chi connectivity index (χ3v) is 3.88. The Morgan fingerprint density at radius 2 is 1.19 bits per heavy atom. The quantitative estimate of drug-likeness (QED) is 0.364. The van der Waals surface area contributed by atoms with Gasteiger partial charge in [-0.3, -0.25) is 19.2 Å². The number of ether oxygens (including phenoxy) is 6. The molecule has 0 spiro atoms. The van der Waals surface area contributed by atoms with E-state index in [1.165, 1.54) is 6.92 Å². The lowest BCUT2D eigenvalue weighted by Crippen LogP contribution is -2.65. The van der Waals surface area contributed by atoms with Crippen LogP contribution in [0.15, 0.2) is 0 Å². The lowest BCUT2D eigenvalue weighted by Gasteiger charge is -2.44. The first kappa shape index (κ1) is 20.1. The fourth-order valence-corrected chi connectivity index (χ4v) is 2.80. The van der Waals surface area contributed by atoms with E-state index in [-0.39, 0.29) is 0 Å². The number of rotatable bonds is 5. The highest BCUT2D eigenvalue weighted by Crippen LogP contribution is 2.41. The minimum Gasteiger partial charge on any atom is -0.456 e. The smallest absolute Gasteiger partial charge is 0.305 e. The fraction of sp³-hybridized carbons (Fsp3) is 0.750. The molecular weight excluding hydrogens is 352 g/mol. The molecule has 0 amide bonds. The first-order valence-corrected chi connectivity index (χ1v) is 8.02. The van der Waals surface area contributed by atoms with Gasteiger partial charge in [0.05, 0.1) is 6.61 Å². The standard InChI is InChI=1S/C16H22O10/c1-7(17)22-11-12(23-8(2)18)14(16(5)6-21-16)26-15(25-10(4)20)13(11)24-9(3)19/h11-15H,6H2,1-5H3/t11-,12+,13+,14-,15?,16?/m1/s1. The topological polar surface area (TPSA) is 127 Å². The summed E-state index contributed by atoms with van der Waals surface area (Å²) in [6.45, 7) is 6.61. The van der Waals surface area contributed by atoms with Crippen LogP contribution in [0.3, 0.4) is 0 Å². The predicted octanol–water partition coefficient (Wildman–Crippen LogP) is -0.142. The van der Waals surface area contributed by atoms with Crippen LogP contribution in [0, 0.1) is 0 Å². The lowest BCUT2D eigenvalue weighted by atomic mass is 9.90. The van der Waals surface area contributed by atoms with Crippen molar-refractivity contribution in [2.24, 2.45) is 0 Å². The molecule has 2 aliphatic rings. The maximum Gasteiger partial charge on any atom is 0.305 e. The zero-order valence-electron chi connectivity index (χ0n) is 15.2. The van der Waals surface area contributed by atoms with Gasteiger partial charge >= 0.3 is 23.9 Å². The van der Waals surface area contributed by atoms with Crippen molar-refractivity contribution in [2.75, 3.05) is 6.61 Å². The van der Waals surface area contributed by atoms with Crippen LogP contribution in [-0.4, -0.2) is 66.8 Å². The Morgan fingerprint density at radius 1 is 0.769 bits per heavy atom. The summed E-state index contributed by atoms with van der Waals surface area (Å²) in [5, 5.41) is 0. The molecule has 2 heterocycles. The molecule has 2 unspecified atom stereocenters. The van der Waals surface area contributed by atoms with Crippen molar-refractivity contribution in [3.8, 4) is 0 Å². The number of hydrogen-bond donors (Lipinski definition) is 0. The van der Waals surface area contributed by atoms with Gasteiger partial charge in [-0.05, 0) is 6.92 Å². The van der Waals surface area contributed by atoms with Gasteiger partial charge in [-0.1, -0.05) is 0 Å². The van der Waals surface area contributed by atoms with Crippen LogP contribution in [0.4, 0.5) is 0 Å². The van der Waals surface area contributed by atoms with E-state index >= 15 is 0 Å². The highest BCUT2D eigenvalue weighted by atomic mass is 16.8. The summed E-state index contributed by atoms with van der Waals surface area (Å²) in [4.78, 5) is 46.1. The number of esters is 4. The van der Waals surface area contributed by atoms with Crippen molar-refractivity contribution in [3.63, 3.8) is 0 Å². The van der Waals surface area contributed by atoms with Gasteiger partial charge in [0.2, 0.25) is 12.4 Å². The molecule has 10 nitrogen and oxygen atoms in total. The zero-order chi connectivity index (χ0) is 19.6.